The molecule has 0 saturated carbocycles. The molecule has 31 heavy (non-hydrogen) atoms. The smallest absolute Gasteiger partial charge is 0.346 e. The molecule has 0 amide bonds. The fourth-order valence-corrected chi connectivity index (χ4v) is 4.01. The van der Waals surface area contributed by atoms with Gasteiger partial charge < -0.3 is 24.3 Å². The van der Waals surface area contributed by atoms with E-state index in [1.54, 1.807) is 31.3 Å². The molecule has 3 heterocycles. The molecule has 0 saturated heterocycles. The Bertz CT molecular complexity index is 1340. The molecular formula is C20H17ClN4O5S. The van der Waals surface area contributed by atoms with E-state index in [0.717, 1.165) is 11.3 Å². The summed E-state index contributed by atoms with van der Waals surface area (Å²) in [5, 5.41) is 22.7. The third kappa shape index (κ3) is 3.92. The van der Waals surface area contributed by atoms with Crippen molar-refractivity contribution in [2.45, 2.75) is 13.5 Å². The number of nitrogens with zero attached hydrogens (tertiary/aromatic N) is 3. The minimum atomic E-state index is -0.569. The largest absolute Gasteiger partial charge is 0.495 e. The van der Waals surface area contributed by atoms with Crippen LogP contribution in [0.3, 0.4) is 0 Å². The number of hydrogen-bond acceptors (Lipinski definition) is 10. The van der Waals surface area contributed by atoms with Crippen LogP contribution in [0.5, 0.6) is 11.5 Å². The Balaban J connectivity index is 1.73. The number of pyridine rings is 1. The normalized spacial score (nSPS) is 11.0. The van der Waals surface area contributed by atoms with Crippen LogP contribution in [0.25, 0.3) is 21.5 Å². The SMILES string of the molecule is COc1cc(OC)c(Nc2nnc(-c3cc4c(CO)cnc(C)c4oc3=O)s2)cc1Cl. The van der Waals surface area contributed by atoms with Crippen molar-refractivity contribution in [3.8, 4) is 22.1 Å². The van der Waals surface area contributed by atoms with E-state index in [2.05, 4.69) is 20.5 Å². The first-order valence-electron chi connectivity index (χ1n) is 9.00. The van der Waals surface area contributed by atoms with Crippen molar-refractivity contribution in [3.63, 3.8) is 0 Å². The van der Waals surface area contributed by atoms with Crippen molar-refractivity contribution >= 4 is 44.7 Å². The predicted molar refractivity (Wildman–Crippen MR) is 118 cm³/mol. The van der Waals surface area contributed by atoms with Gasteiger partial charge in [-0.2, -0.15) is 0 Å². The van der Waals surface area contributed by atoms with Gasteiger partial charge in [0, 0.05) is 23.2 Å². The van der Waals surface area contributed by atoms with Crippen molar-refractivity contribution in [1.82, 2.24) is 15.2 Å². The van der Waals surface area contributed by atoms with Crippen molar-refractivity contribution in [1.29, 1.82) is 0 Å². The number of aryl methyl sites for hydroxylation is 1. The number of hydrogen-bond donors (Lipinski definition) is 2. The number of aromatic nitrogens is 3. The van der Waals surface area contributed by atoms with Gasteiger partial charge in [-0.3, -0.25) is 4.98 Å². The lowest BCUT2D eigenvalue weighted by molar-refractivity contribution is 0.282. The molecule has 4 rings (SSSR count). The van der Waals surface area contributed by atoms with E-state index in [1.807, 2.05) is 0 Å². The van der Waals surface area contributed by atoms with E-state index >= 15 is 0 Å². The van der Waals surface area contributed by atoms with Crippen molar-refractivity contribution < 1.29 is 19.0 Å². The summed E-state index contributed by atoms with van der Waals surface area (Å²) in [7, 11) is 3.04. The number of anilines is 2. The van der Waals surface area contributed by atoms with E-state index in [0.29, 0.717) is 54.6 Å². The fourth-order valence-electron chi connectivity index (χ4n) is 3.01. The highest BCUT2D eigenvalue weighted by atomic mass is 35.5. The lowest BCUT2D eigenvalue weighted by atomic mass is 10.1. The van der Waals surface area contributed by atoms with Gasteiger partial charge in [0.25, 0.3) is 0 Å². The van der Waals surface area contributed by atoms with Gasteiger partial charge in [-0.25, -0.2) is 4.79 Å². The van der Waals surface area contributed by atoms with Crippen LogP contribution in [0.15, 0.2) is 33.6 Å². The second-order valence-corrected chi connectivity index (χ2v) is 7.83. The van der Waals surface area contributed by atoms with Crippen LogP contribution in [0.4, 0.5) is 10.8 Å². The summed E-state index contributed by atoms with van der Waals surface area (Å²) in [6.45, 7) is 1.49. The maximum absolute atomic E-state index is 12.6. The quantitative estimate of drug-likeness (QED) is 0.441. The van der Waals surface area contributed by atoms with E-state index in [4.69, 9.17) is 25.5 Å². The lowest BCUT2D eigenvalue weighted by Crippen LogP contribution is -2.05. The molecule has 0 atom stereocenters. The van der Waals surface area contributed by atoms with Gasteiger partial charge in [0.1, 0.15) is 11.5 Å². The minimum Gasteiger partial charge on any atom is -0.495 e. The molecule has 3 aromatic heterocycles. The fraction of sp³-hybridized carbons (Fsp3) is 0.200. The highest BCUT2D eigenvalue weighted by molar-refractivity contribution is 7.18. The molecule has 0 unspecified atom stereocenters. The molecule has 9 nitrogen and oxygen atoms in total. The summed E-state index contributed by atoms with van der Waals surface area (Å²) >= 11 is 7.37. The maximum atomic E-state index is 12.6. The summed E-state index contributed by atoms with van der Waals surface area (Å²) in [4.78, 5) is 16.7. The molecule has 0 radical (unpaired) electrons. The number of aliphatic hydroxyl groups is 1. The van der Waals surface area contributed by atoms with Gasteiger partial charge in [0.2, 0.25) is 5.13 Å². The molecule has 2 N–H and O–H groups in total. The average Bonchev–Trinajstić information content (AvgIpc) is 3.22. The Kier molecular flexibility index (Phi) is 5.77. The first-order chi connectivity index (χ1) is 14.9. The number of halogens is 1. The van der Waals surface area contributed by atoms with Crippen LogP contribution in [0.2, 0.25) is 5.02 Å². The second kappa shape index (κ2) is 8.50. The number of fused-ring (bicyclic) bond motifs is 1. The summed E-state index contributed by atoms with van der Waals surface area (Å²) in [6.07, 6.45) is 1.55. The third-order valence-corrected chi connectivity index (χ3v) is 5.75. The number of benzene rings is 1. The molecule has 0 fully saturated rings. The second-order valence-electron chi connectivity index (χ2n) is 6.44. The molecular weight excluding hydrogens is 444 g/mol. The highest BCUT2D eigenvalue weighted by Gasteiger charge is 2.18. The van der Waals surface area contributed by atoms with Gasteiger partial charge in [0.05, 0.1) is 42.8 Å². The summed E-state index contributed by atoms with van der Waals surface area (Å²) in [6, 6.07) is 4.93. The van der Waals surface area contributed by atoms with Crippen LogP contribution >= 0.6 is 22.9 Å². The number of ether oxygens (including phenoxy) is 2. The Morgan fingerprint density at radius 1 is 1.19 bits per heavy atom. The molecule has 0 bridgehead atoms. The van der Waals surface area contributed by atoms with Gasteiger partial charge >= 0.3 is 5.63 Å². The van der Waals surface area contributed by atoms with Gasteiger partial charge in [-0.15, -0.1) is 10.2 Å². The zero-order valence-electron chi connectivity index (χ0n) is 16.7. The van der Waals surface area contributed by atoms with E-state index in [9.17, 15) is 9.90 Å². The van der Waals surface area contributed by atoms with Gasteiger partial charge in [0.15, 0.2) is 10.6 Å². The minimum absolute atomic E-state index is 0.234. The number of methoxy groups -OCH3 is 2. The third-order valence-electron chi connectivity index (χ3n) is 4.58. The first-order valence-corrected chi connectivity index (χ1v) is 10.2. The predicted octanol–water partition coefficient (Wildman–Crippen LogP) is 3.92. The Morgan fingerprint density at radius 3 is 2.68 bits per heavy atom. The van der Waals surface area contributed by atoms with Crippen LogP contribution < -0.4 is 20.4 Å². The van der Waals surface area contributed by atoms with Crippen LogP contribution in [0.1, 0.15) is 11.3 Å². The van der Waals surface area contributed by atoms with Crippen LogP contribution in [0, 0.1) is 6.92 Å². The average molecular weight is 461 g/mol. The maximum Gasteiger partial charge on any atom is 0.346 e. The zero-order valence-corrected chi connectivity index (χ0v) is 18.3. The van der Waals surface area contributed by atoms with E-state index in [1.165, 1.54) is 14.2 Å². The summed E-state index contributed by atoms with van der Waals surface area (Å²) in [5.41, 5.74) is 1.66. The number of nitrogens with one attached hydrogen (secondary N) is 1. The number of aliphatic hydroxyl groups excluding tert-OH is 1. The summed E-state index contributed by atoms with van der Waals surface area (Å²) in [5.74, 6) is 0.971. The molecule has 160 valence electrons. The van der Waals surface area contributed by atoms with Crippen molar-refractivity contribution in [2.75, 3.05) is 19.5 Å². The molecule has 4 aromatic rings. The topological polar surface area (TPSA) is 120 Å². The molecule has 0 aliphatic heterocycles. The van der Waals surface area contributed by atoms with Crippen LogP contribution in [-0.4, -0.2) is 34.5 Å². The summed E-state index contributed by atoms with van der Waals surface area (Å²) < 4.78 is 16.0. The van der Waals surface area contributed by atoms with E-state index in [-0.39, 0.29) is 12.2 Å². The van der Waals surface area contributed by atoms with Crippen molar-refractivity contribution in [3.05, 3.63) is 51.1 Å². The van der Waals surface area contributed by atoms with Gasteiger partial charge in [-0.05, 0) is 19.1 Å². The zero-order chi connectivity index (χ0) is 22.1. The molecule has 0 aliphatic carbocycles. The molecule has 11 heteroatoms. The van der Waals surface area contributed by atoms with Gasteiger partial charge in [-0.1, -0.05) is 22.9 Å². The Hall–Kier alpha value is -3.21. The first kappa shape index (κ1) is 21.0. The molecule has 1 aromatic carbocycles. The van der Waals surface area contributed by atoms with Crippen molar-refractivity contribution in [2.24, 2.45) is 0 Å². The Morgan fingerprint density at radius 2 is 1.97 bits per heavy atom. The van der Waals surface area contributed by atoms with E-state index < -0.39 is 5.63 Å². The van der Waals surface area contributed by atoms with Crippen LogP contribution in [-0.2, 0) is 6.61 Å². The Labute approximate surface area is 185 Å². The highest BCUT2D eigenvalue weighted by Crippen LogP contribution is 2.38. The molecule has 0 spiro atoms. The standard InChI is InChI=1S/C20H17ClN4O5S/c1-9-17-11(10(8-26)7-22-9)4-12(19(27)30-17)18-24-25-20(31-18)23-14-5-13(21)15(28-2)6-16(14)29-3/h4-7,26H,8H2,1-3H3,(H,23,25). The number of rotatable bonds is 6. The molecule has 0 aliphatic rings. The monoisotopic (exact) mass is 460 g/mol. The lowest BCUT2D eigenvalue weighted by Gasteiger charge is -2.12.